The molecule has 0 spiro atoms. The van der Waals surface area contributed by atoms with Crippen molar-refractivity contribution in [1.82, 2.24) is 15.1 Å². The topological polar surface area (TPSA) is 89.1 Å². The molecule has 2 heterocycles. The lowest BCUT2D eigenvalue weighted by molar-refractivity contribution is 0.0696. The van der Waals surface area contributed by atoms with Crippen LogP contribution < -0.4 is 0 Å². The van der Waals surface area contributed by atoms with Crippen LogP contribution in [0.2, 0.25) is 0 Å². The molecule has 0 aromatic carbocycles. The molecule has 0 unspecified atom stereocenters. The highest BCUT2D eigenvalue weighted by Gasteiger charge is 2.13. The average Bonchev–Trinajstić information content (AvgIpc) is 2.65. The molecule has 0 aliphatic rings. The fourth-order valence-electron chi connectivity index (χ4n) is 1.29. The molecule has 2 aromatic heterocycles. The molecule has 0 bridgehead atoms. The molecule has 6 heteroatoms. The molecule has 16 heavy (non-hydrogen) atoms. The van der Waals surface area contributed by atoms with Crippen LogP contribution in [-0.2, 0) is 0 Å². The van der Waals surface area contributed by atoms with Gasteiger partial charge in [0.15, 0.2) is 0 Å². The van der Waals surface area contributed by atoms with E-state index in [0.717, 1.165) is 0 Å². The number of aryl methyl sites for hydroxylation is 2. The first-order valence-electron chi connectivity index (χ1n) is 4.58. The quantitative estimate of drug-likeness (QED) is 0.822. The third-order valence-corrected chi connectivity index (χ3v) is 2.10. The summed E-state index contributed by atoms with van der Waals surface area (Å²) in [5.74, 6) is -0.255. The lowest BCUT2D eigenvalue weighted by Crippen LogP contribution is -2.00. The van der Waals surface area contributed by atoms with Crippen molar-refractivity contribution in [2.45, 2.75) is 13.8 Å². The zero-order chi connectivity index (χ0) is 11.7. The Morgan fingerprint density at radius 1 is 1.44 bits per heavy atom. The van der Waals surface area contributed by atoms with E-state index in [-0.39, 0.29) is 5.56 Å². The number of hydrogen-bond acceptors (Lipinski definition) is 5. The lowest BCUT2D eigenvalue weighted by atomic mass is 10.1. The van der Waals surface area contributed by atoms with Crippen LogP contribution in [0.25, 0.3) is 11.4 Å². The van der Waals surface area contributed by atoms with Gasteiger partial charge in [0, 0.05) is 24.4 Å². The smallest absolute Gasteiger partial charge is 0.337 e. The highest BCUT2D eigenvalue weighted by atomic mass is 16.5. The van der Waals surface area contributed by atoms with Gasteiger partial charge in [-0.05, 0) is 13.0 Å². The predicted molar refractivity (Wildman–Crippen MR) is 54.0 cm³/mol. The number of carbonyl (C=O) groups is 1. The van der Waals surface area contributed by atoms with E-state index in [1.54, 1.807) is 13.8 Å². The summed E-state index contributed by atoms with van der Waals surface area (Å²) in [7, 11) is 0. The van der Waals surface area contributed by atoms with E-state index >= 15 is 0 Å². The number of carboxylic acids is 1. The monoisotopic (exact) mass is 219 g/mol. The summed E-state index contributed by atoms with van der Waals surface area (Å²) in [4.78, 5) is 18.8. The number of nitrogens with zero attached hydrogens (tertiary/aromatic N) is 3. The molecule has 0 aliphatic carbocycles. The molecule has 2 aromatic rings. The van der Waals surface area contributed by atoms with Crippen molar-refractivity contribution in [2.75, 3.05) is 0 Å². The third kappa shape index (κ3) is 1.77. The maximum atomic E-state index is 10.8. The van der Waals surface area contributed by atoms with E-state index in [1.165, 1.54) is 12.3 Å². The first-order valence-corrected chi connectivity index (χ1v) is 4.58. The van der Waals surface area contributed by atoms with Gasteiger partial charge in [0.25, 0.3) is 0 Å². The van der Waals surface area contributed by atoms with Crippen molar-refractivity contribution in [2.24, 2.45) is 0 Å². The molecular weight excluding hydrogens is 210 g/mol. The number of rotatable bonds is 2. The van der Waals surface area contributed by atoms with Crippen LogP contribution >= 0.6 is 0 Å². The van der Waals surface area contributed by atoms with Crippen LogP contribution in [-0.4, -0.2) is 26.2 Å². The van der Waals surface area contributed by atoms with Crippen LogP contribution in [0.5, 0.6) is 0 Å². The molecule has 0 atom stereocenters. The highest BCUT2D eigenvalue weighted by molar-refractivity contribution is 5.88. The minimum absolute atomic E-state index is 0.100. The van der Waals surface area contributed by atoms with Crippen LogP contribution in [0.15, 0.2) is 16.8 Å². The molecular formula is C10H9N3O3. The Balaban J connectivity index is 2.55. The Bertz CT molecular complexity index is 548. The highest BCUT2D eigenvalue weighted by Crippen LogP contribution is 2.19. The summed E-state index contributed by atoms with van der Waals surface area (Å²) >= 11 is 0. The van der Waals surface area contributed by atoms with Crippen molar-refractivity contribution in [3.63, 3.8) is 0 Å². The Labute approximate surface area is 90.9 Å². The van der Waals surface area contributed by atoms with Crippen LogP contribution in [0.4, 0.5) is 0 Å². The normalized spacial score (nSPS) is 10.4. The molecule has 0 amide bonds. The fourth-order valence-corrected chi connectivity index (χ4v) is 1.29. The van der Waals surface area contributed by atoms with Crippen molar-refractivity contribution in [3.05, 3.63) is 29.4 Å². The van der Waals surface area contributed by atoms with E-state index in [0.29, 0.717) is 23.0 Å². The molecule has 0 fully saturated rings. The average molecular weight is 219 g/mol. The van der Waals surface area contributed by atoms with E-state index in [2.05, 4.69) is 15.1 Å². The van der Waals surface area contributed by atoms with Gasteiger partial charge >= 0.3 is 5.97 Å². The van der Waals surface area contributed by atoms with Gasteiger partial charge in [-0.1, -0.05) is 5.16 Å². The molecule has 0 aliphatic heterocycles. The SMILES string of the molecule is Cc1nc(-c2cc(C(=O)O)cnc2C)no1. The van der Waals surface area contributed by atoms with E-state index < -0.39 is 5.97 Å². The maximum Gasteiger partial charge on any atom is 0.337 e. The minimum Gasteiger partial charge on any atom is -0.478 e. The summed E-state index contributed by atoms with van der Waals surface area (Å²) in [6.45, 7) is 3.42. The Hall–Kier alpha value is -2.24. The molecule has 0 saturated heterocycles. The van der Waals surface area contributed by atoms with Gasteiger partial charge < -0.3 is 9.63 Å². The van der Waals surface area contributed by atoms with Crippen molar-refractivity contribution in [1.29, 1.82) is 0 Å². The van der Waals surface area contributed by atoms with Gasteiger partial charge in [0.1, 0.15) is 0 Å². The van der Waals surface area contributed by atoms with Crippen molar-refractivity contribution < 1.29 is 14.4 Å². The van der Waals surface area contributed by atoms with Gasteiger partial charge in [-0.25, -0.2) is 4.79 Å². The summed E-state index contributed by atoms with van der Waals surface area (Å²) in [5, 5.41) is 12.6. The summed E-state index contributed by atoms with van der Waals surface area (Å²) < 4.78 is 4.84. The zero-order valence-corrected chi connectivity index (χ0v) is 8.76. The van der Waals surface area contributed by atoms with Crippen LogP contribution in [0.1, 0.15) is 21.9 Å². The molecule has 82 valence electrons. The predicted octanol–water partition coefficient (Wildman–Crippen LogP) is 1.45. The third-order valence-electron chi connectivity index (χ3n) is 2.10. The van der Waals surface area contributed by atoms with Crippen molar-refractivity contribution in [3.8, 4) is 11.4 Å². The number of hydrogen-bond donors (Lipinski definition) is 1. The van der Waals surface area contributed by atoms with E-state index in [1.807, 2.05) is 0 Å². The second-order valence-corrected chi connectivity index (χ2v) is 3.30. The molecule has 2 rings (SSSR count). The number of aromatic nitrogens is 3. The van der Waals surface area contributed by atoms with Gasteiger partial charge in [0.05, 0.1) is 5.56 Å². The Morgan fingerprint density at radius 3 is 2.75 bits per heavy atom. The molecule has 0 saturated carbocycles. The summed E-state index contributed by atoms with van der Waals surface area (Å²) in [5.41, 5.74) is 1.32. The molecule has 6 nitrogen and oxygen atoms in total. The van der Waals surface area contributed by atoms with Crippen LogP contribution in [0, 0.1) is 13.8 Å². The van der Waals surface area contributed by atoms with Gasteiger partial charge in [-0.2, -0.15) is 4.98 Å². The standard InChI is InChI=1S/C10H9N3O3/c1-5-8(9-12-6(2)16-13-9)3-7(4-11-5)10(14)15/h3-4H,1-2H3,(H,14,15). The number of pyridine rings is 1. The van der Waals surface area contributed by atoms with Gasteiger partial charge in [-0.15, -0.1) is 0 Å². The van der Waals surface area contributed by atoms with Crippen LogP contribution in [0.3, 0.4) is 0 Å². The van der Waals surface area contributed by atoms with Gasteiger partial charge in [0.2, 0.25) is 11.7 Å². The zero-order valence-electron chi connectivity index (χ0n) is 8.76. The van der Waals surface area contributed by atoms with E-state index in [9.17, 15) is 4.79 Å². The fraction of sp³-hybridized carbons (Fsp3) is 0.200. The maximum absolute atomic E-state index is 10.8. The van der Waals surface area contributed by atoms with Crippen molar-refractivity contribution >= 4 is 5.97 Å². The number of carboxylic acid groups (broad SMARTS) is 1. The summed E-state index contributed by atoms with van der Waals surface area (Å²) in [6, 6.07) is 1.48. The lowest BCUT2D eigenvalue weighted by Gasteiger charge is -2.01. The largest absolute Gasteiger partial charge is 0.478 e. The first-order chi connectivity index (χ1) is 7.58. The second-order valence-electron chi connectivity index (χ2n) is 3.30. The second kappa shape index (κ2) is 3.73. The Kier molecular flexibility index (Phi) is 2.40. The van der Waals surface area contributed by atoms with E-state index in [4.69, 9.17) is 9.63 Å². The minimum atomic E-state index is -1.03. The Morgan fingerprint density at radius 2 is 2.19 bits per heavy atom. The first kappa shape index (κ1) is 10.3. The molecule has 1 N–H and O–H groups in total. The molecule has 0 radical (unpaired) electrons. The summed E-state index contributed by atoms with van der Waals surface area (Å²) in [6.07, 6.45) is 1.30. The van der Waals surface area contributed by atoms with Gasteiger partial charge in [-0.3, -0.25) is 4.98 Å². The number of aromatic carboxylic acids is 1.